The molecule has 1 aromatic rings. The highest BCUT2D eigenvalue weighted by molar-refractivity contribution is 6.30. The van der Waals surface area contributed by atoms with Gasteiger partial charge in [0.15, 0.2) is 0 Å². The molecule has 0 amide bonds. The molecule has 0 radical (unpaired) electrons. The molecule has 1 aliphatic rings. The van der Waals surface area contributed by atoms with Gasteiger partial charge in [0.05, 0.1) is 0 Å². The van der Waals surface area contributed by atoms with Crippen molar-refractivity contribution in [3.8, 4) is 0 Å². The number of likely N-dealkylation sites (tertiary alicyclic amines) is 1. The first-order valence-corrected chi connectivity index (χ1v) is 6.80. The third kappa shape index (κ3) is 4.18. The third-order valence-corrected chi connectivity index (χ3v) is 3.78. The van der Waals surface area contributed by atoms with E-state index in [1.807, 2.05) is 0 Å². The summed E-state index contributed by atoms with van der Waals surface area (Å²) in [4.78, 5) is 12.7. The first kappa shape index (κ1) is 14.3. The van der Waals surface area contributed by atoms with Crippen LogP contribution in [0.2, 0.25) is 5.02 Å². The largest absolute Gasteiger partial charge is 0.481 e. The van der Waals surface area contributed by atoms with Crippen LogP contribution in [-0.2, 0) is 11.3 Å². The van der Waals surface area contributed by atoms with Crippen LogP contribution in [0.1, 0.15) is 24.8 Å². The maximum Gasteiger partial charge on any atom is 0.303 e. The molecule has 1 N–H and O–H groups in total. The van der Waals surface area contributed by atoms with E-state index in [4.69, 9.17) is 16.7 Å². The number of rotatable bonds is 5. The van der Waals surface area contributed by atoms with Crippen molar-refractivity contribution in [2.45, 2.75) is 25.8 Å². The molecule has 104 valence electrons. The summed E-state index contributed by atoms with van der Waals surface area (Å²) in [7, 11) is 0. The normalized spacial score (nSPS) is 19.8. The molecule has 1 heterocycles. The van der Waals surface area contributed by atoms with E-state index < -0.39 is 5.97 Å². The number of carboxylic acids is 1. The van der Waals surface area contributed by atoms with Crippen LogP contribution in [0.15, 0.2) is 18.2 Å². The topological polar surface area (TPSA) is 40.5 Å². The van der Waals surface area contributed by atoms with Gasteiger partial charge in [-0.25, -0.2) is 4.39 Å². The van der Waals surface area contributed by atoms with Crippen molar-refractivity contribution in [1.29, 1.82) is 0 Å². The molecule has 1 fully saturated rings. The quantitative estimate of drug-likeness (QED) is 0.903. The maximum absolute atomic E-state index is 13.7. The van der Waals surface area contributed by atoms with Gasteiger partial charge in [0, 0.05) is 30.1 Å². The number of carboxylic acid groups (broad SMARTS) is 1. The Morgan fingerprint density at radius 2 is 2.32 bits per heavy atom. The zero-order chi connectivity index (χ0) is 13.8. The molecule has 0 spiro atoms. The molecule has 0 aromatic heterocycles. The van der Waals surface area contributed by atoms with E-state index in [0.29, 0.717) is 29.5 Å². The smallest absolute Gasteiger partial charge is 0.303 e. The number of halogens is 2. The van der Waals surface area contributed by atoms with Gasteiger partial charge in [0.1, 0.15) is 5.82 Å². The average Bonchev–Trinajstić information content (AvgIpc) is 2.78. The highest BCUT2D eigenvalue weighted by Gasteiger charge is 2.23. The van der Waals surface area contributed by atoms with Gasteiger partial charge < -0.3 is 5.11 Å². The van der Waals surface area contributed by atoms with Crippen molar-refractivity contribution < 1.29 is 14.3 Å². The first-order chi connectivity index (χ1) is 9.04. The molecule has 2 rings (SSSR count). The summed E-state index contributed by atoms with van der Waals surface area (Å²) in [5.41, 5.74) is 0.642. The van der Waals surface area contributed by atoms with Crippen molar-refractivity contribution >= 4 is 17.6 Å². The van der Waals surface area contributed by atoms with Crippen LogP contribution in [0, 0.1) is 11.7 Å². The van der Waals surface area contributed by atoms with Gasteiger partial charge in [-0.2, -0.15) is 0 Å². The number of hydrogen-bond acceptors (Lipinski definition) is 2. The van der Waals surface area contributed by atoms with E-state index in [0.717, 1.165) is 19.5 Å². The monoisotopic (exact) mass is 285 g/mol. The van der Waals surface area contributed by atoms with E-state index in [2.05, 4.69) is 4.90 Å². The van der Waals surface area contributed by atoms with E-state index in [1.165, 1.54) is 6.07 Å². The summed E-state index contributed by atoms with van der Waals surface area (Å²) in [5.74, 6) is -0.616. The zero-order valence-corrected chi connectivity index (χ0v) is 11.4. The summed E-state index contributed by atoms with van der Waals surface area (Å²) < 4.78 is 13.7. The molecule has 3 nitrogen and oxygen atoms in total. The second kappa shape index (κ2) is 6.35. The standard InChI is InChI=1S/C14H17ClFNO2/c15-12-3-2-11(13(16)7-12)9-17-6-5-10(8-17)1-4-14(18)19/h2-3,7,10H,1,4-6,8-9H2,(H,18,19). The van der Waals surface area contributed by atoms with Crippen molar-refractivity contribution in [2.24, 2.45) is 5.92 Å². The predicted molar refractivity (Wildman–Crippen MR) is 71.7 cm³/mol. The zero-order valence-electron chi connectivity index (χ0n) is 10.6. The molecular formula is C14H17ClFNO2. The van der Waals surface area contributed by atoms with Crippen molar-refractivity contribution in [3.63, 3.8) is 0 Å². The first-order valence-electron chi connectivity index (χ1n) is 6.42. The minimum Gasteiger partial charge on any atom is -0.481 e. The van der Waals surface area contributed by atoms with E-state index >= 15 is 0 Å². The van der Waals surface area contributed by atoms with Gasteiger partial charge in [-0.15, -0.1) is 0 Å². The summed E-state index contributed by atoms with van der Waals surface area (Å²) in [6, 6.07) is 4.73. The molecule has 0 bridgehead atoms. The number of hydrogen-bond donors (Lipinski definition) is 1. The van der Waals surface area contributed by atoms with Crippen LogP contribution in [0.5, 0.6) is 0 Å². The van der Waals surface area contributed by atoms with E-state index in [9.17, 15) is 9.18 Å². The Balaban J connectivity index is 1.86. The lowest BCUT2D eigenvalue weighted by atomic mass is 10.0. The number of nitrogens with zero attached hydrogens (tertiary/aromatic N) is 1. The summed E-state index contributed by atoms with van der Waals surface area (Å²) in [6.07, 6.45) is 1.91. The molecule has 0 aliphatic carbocycles. The summed E-state index contributed by atoms with van der Waals surface area (Å²) in [5, 5.41) is 9.07. The lowest BCUT2D eigenvalue weighted by Gasteiger charge is -2.16. The van der Waals surface area contributed by atoms with Gasteiger partial charge >= 0.3 is 5.97 Å². The predicted octanol–water partition coefficient (Wildman–Crippen LogP) is 3.17. The summed E-state index contributed by atoms with van der Waals surface area (Å²) in [6.45, 7) is 2.30. The molecule has 5 heteroatoms. The van der Waals surface area contributed by atoms with Gasteiger partial charge in [-0.05, 0) is 37.4 Å². The molecule has 1 aromatic carbocycles. The molecule has 1 atom stereocenters. The highest BCUT2D eigenvalue weighted by Crippen LogP contribution is 2.24. The van der Waals surface area contributed by atoms with E-state index in [1.54, 1.807) is 12.1 Å². The van der Waals surface area contributed by atoms with Crippen LogP contribution in [0.4, 0.5) is 4.39 Å². The fourth-order valence-electron chi connectivity index (χ4n) is 2.51. The Bertz CT molecular complexity index is 467. The van der Waals surface area contributed by atoms with Gasteiger partial charge in [0.2, 0.25) is 0 Å². The number of carbonyl (C=O) groups is 1. The second-order valence-electron chi connectivity index (χ2n) is 5.06. The highest BCUT2D eigenvalue weighted by atomic mass is 35.5. The van der Waals surface area contributed by atoms with E-state index in [-0.39, 0.29) is 12.2 Å². The van der Waals surface area contributed by atoms with Crippen molar-refractivity contribution in [1.82, 2.24) is 4.90 Å². The van der Waals surface area contributed by atoms with Gasteiger partial charge in [-0.3, -0.25) is 9.69 Å². The fraction of sp³-hybridized carbons (Fsp3) is 0.500. The molecule has 1 aliphatic heterocycles. The molecular weight excluding hydrogens is 269 g/mol. The van der Waals surface area contributed by atoms with Gasteiger partial charge in [0.25, 0.3) is 0 Å². The SMILES string of the molecule is O=C(O)CCC1CCN(Cc2ccc(Cl)cc2F)C1. The molecule has 19 heavy (non-hydrogen) atoms. The number of aliphatic carboxylic acids is 1. The van der Waals surface area contributed by atoms with Crippen molar-refractivity contribution in [3.05, 3.63) is 34.6 Å². The Kier molecular flexibility index (Phi) is 4.77. The Morgan fingerprint density at radius 3 is 3.00 bits per heavy atom. The van der Waals surface area contributed by atoms with Crippen molar-refractivity contribution in [2.75, 3.05) is 13.1 Å². The molecule has 0 saturated carbocycles. The van der Waals surface area contributed by atoms with Crippen LogP contribution in [0.3, 0.4) is 0 Å². The molecule has 1 saturated heterocycles. The lowest BCUT2D eigenvalue weighted by Crippen LogP contribution is -2.21. The minimum absolute atomic E-state index is 0.216. The average molecular weight is 286 g/mol. The fourth-order valence-corrected chi connectivity index (χ4v) is 2.67. The van der Waals surface area contributed by atoms with Crippen LogP contribution in [-0.4, -0.2) is 29.1 Å². The van der Waals surface area contributed by atoms with Gasteiger partial charge in [-0.1, -0.05) is 17.7 Å². The Hall–Kier alpha value is -1.13. The maximum atomic E-state index is 13.7. The lowest BCUT2D eigenvalue weighted by molar-refractivity contribution is -0.137. The Labute approximate surface area is 117 Å². The van der Waals surface area contributed by atoms with Crippen LogP contribution < -0.4 is 0 Å². The molecule has 1 unspecified atom stereocenters. The number of benzene rings is 1. The van der Waals surface area contributed by atoms with Crippen LogP contribution in [0.25, 0.3) is 0 Å². The third-order valence-electron chi connectivity index (χ3n) is 3.55. The minimum atomic E-state index is -0.748. The Morgan fingerprint density at radius 1 is 1.53 bits per heavy atom. The summed E-state index contributed by atoms with van der Waals surface area (Å²) >= 11 is 5.72. The second-order valence-corrected chi connectivity index (χ2v) is 5.49. The van der Waals surface area contributed by atoms with Crippen LogP contribution >= 0.6 is 11.6 Å².